The molecule has 0 spiro atoms. The largest absolute Gasteiger partial charge is 0.325 e. The number of nitro benzene ring substituents is 1. The topological polar surface area (TPSA) is 99.2 Å². The fraction of sp³-hybridized carbons (Fsp3) is 0. The molecule has 2 aromatic rings. The van der Waals surface area contributed by atoms with E-state index in [4.69, 9.17) is 23.2 Å². The Balaban J connectivity index is 2.94. The Morgan fingerprint density at radius 2 is 1.78 bits per heavy atom. The number of para-hydroxylation sites is 1. The summed E-state index contributed by atoms with van der Waals surface area (Å²) in [6.45, 7) is 0. The Bertz CT molecular complexity index is 689. The molecule has 0 radical (unpaired) electrons. The van der Waals surface area contributed by atoms with Gasteiger partial charge in [0.25, 0.3) is 5.69 Å². The van der Waals surface area contributed by atoms with Crippen molar-refractivity contribution >= 4 is 45.5 Å². The Labute approximate surface area is 109 Å². The minimum absolute atomic E-state index is 0.0805. The molecule has 0 bridgehead atoms. The molecule has 0 aliphatic rings. The van der Waals surface area contributed by atoms with Gasteiger partial charge in [0.1, 0.15) is 5.02 Å². The Hall–Kier alpha value is -1.99. The second-order valence-electron chi connectivity index (χ2n) is 3.25. The molecule has 0 aliphatic carbocycles. The molecular formula is C9H3Cl2N3O4. The van der Waals surface area contributed by atoms with Crippen LogP contribution in [-0.2, 0) is 0 Å². The van der Waals surface area contributed by atoms with E-state index >= 15 is 0 Å². The monoisotopic (exact) mass is 287 g/mol. The van der Waals surface area contributed by atoms with Crippen molar-refractivity contribution in [1.29, 1.82) is 0 Å². The second kappa shape index (κ2) is 4.35. The first-order valence-electron chi connectivity index (χ1n) is 4.50. The summed E-state index contributed by atoms with van der Waals surface area (Å²) in [4.78, 5) is 23.8. The van der Waals surface area contributed by atoms with Crippen molar-refractivity contribution in [3.05, 3.63) is 48.6 Å². The van der Waals surface area contributed by atoms with Gasteiger partial charge in [0.15, 0.2) is 5.52 Å². The molecule has 0 amide bonds. The molecule has 9 heteroatoms. The zero-order valence-electron chi connectivity index (χ0n) is 8.46. The van der Waals surface area contributed by atoms with Crippen molar-refractivity contribution in [2.45, 2.75) is 0 Å². The van der Waals surface area contributed by atoms with Crippen molar-refractivity contribution < 1.29 is 9.85 Å². The van der Waals surface area contributed by atoms with Crippen LogP contribution < -0.4 is 0 Å². The summed E-state index contributed by atoms with van der Waals surface area (Å²) in [7, 11) is 0. The van der Waals surface area contributed by atoms with Crippen LogP contribution in [0.1, 0.15) is 0 Å². The van der Waals surface area contributed by atoms with Crippen LogP contribution in [0.4, 0.5) is 11.4 Å². The summed E-state index contributed by atoms with van der Waals surface area (Å²) in [5, 5.41) is 20.9. The summed E-state index contributed by atoms with van der Waals surface area (Å²) in [5.74, 6) is 0. The van der Waals surface area contributed by atoms with Crippen LogP contribution in [0.5, 0.6) is 0 Å². The molecule has 0 fully saturated rings. The van der Waals surface area contributed by atoms with Crippen molar-refractivity contribution in [3.63, 3.8) is 0 Å². The number of fused-ring (bicyclic) bond motifs is 1. The third-order valence-corrected chi connectivity index (χ3v) is 2.89. The standard InChI is InChI=1S/C9H3Cl2N3O4/c10-6-4-2-1-3-5(13(15)16)7(4)12-9(11)8(6)14(17)18/h1-3H. The lowest BCUT2D eigenvalue weighted by Gasteiger charge is -2.03. The maximum atomic E-state index is 10.8. The summed E-state index contributed by atoms with van der Waals surface area (Å²) in [5.41, 5.74) is -0.958. The smallest absolute Gasteiger partial charge is 0.258 e. The van der Waals surface area contributed by atoms with E-state index in [1.54, 1.807) is 0 Å². The van der Waals surface area contributed by atoms with Crippen LogP contribution in [0.15, 0.2) is 18.2 Å². The highest BCUT2D eigenvalue weighted by Crippen LogP contribution is 2.39. The molecule has 0 saturated carbocycles. The number of non-ortho nitro benzene ring substituents is 1. The number of rotatable bonds is 2. The minimum atomic E-state index is -0.782. The highest BCUT2D eigenvalue weighted by Gasteiger charge is 2.25. The average Bonchev–Trinajstić information content (AvgIpc) is 2.27. The molecule has 1 aromatic heterocycles. The van der Waals surface area contributed by atoms with Gasteiger partial charge in [0.05, 0.1) is 9.85 Å². The zero-order chi connectivity index (χ0) is 13.4. The molecule has 7 nitrogen and oxygen atoms in total. The molecule has 0 atom stereocenters. The van der Waals surface area contributed by atoms with Crippen molar-refractivity contribution in [2.75, 3.05) is 0 Å². The second-order valence-corrected chi connectivity index (χ2v) is 3.99. The highest BCUT2D eigenvalue weighted by molar-refractivity contribution is 6.41. The molecule has 0 unspecified atom stereocenters. The molecule has 18 heavy (non-hydrogen) atoms. The molecular weight excluding hydrogens is 285 g/mol. The van der Waals surface area contributed by atoms with Gasteiger partial charge in [0, 0.05) is 11.5 Å². The van der Waals surface area contributed by atoms with Gasteiger partial charge < -0.3 is 0 Å². The molecule has 1 aromatic carbocycles. The maximum absolute atomic E-state index is 10.8. The number of hydrogen-bond donors (Lipinski definition) is 0. The number of hydrogen-bond acceptors (Lipinski definition) is 5. The van der Waals surface area contributed by atoms with Crippen LogP contribution in [-0.4, -0.2) is 14.8 Å². The normalized spacial score (nSPS) is 10.6. The van der Waals surface area contributed by atoms with Gasteiger partial charge in [-0.1, -0.05) is 35.3 Å². The van der Waals surface area contributed by atoms with E-state index in [1.165, 1.54) is 18.2 Å². The summed E-state index contributed by atoms with van der Waals surface area (Å²) >= 11 is 11.5. The van der Waals surface area contributed by atoms with Gasteiger partial charge in [-0.25, -0.2) is 4.98 Å². The van der Waals surface area contributed by atoms with E-state index in [-0.39, 0.29) is 21.6 Å². The minimum Gasteiger partial charge on any atom is -0.258 e. The number of nitrogens with zero attached hydrogens (tertiary/aromatic N) is 3. The average molecular weight is 288 g/mol. The predicted octanol–water partition coefficient (Wildman–Crippen LogP) is 3.36. The number of benzene rings is 1. The number of halogens is 2. The van der Waals surface area contributed by atoms with Crippen molar-refractivity contribution in [2.24, 2.45) is 0 Å². The number of aromatic nitrogens is 1. The highest BCUT2D eigenvalue weighted by atomic mass is 35.5. The fourth-order valence-electron chi connectivity index (χ4n) is 1.50. The van der Waals surface area contributed by atoms with E-state index in [0.29, 0.717) is 0 Å². The third kappa shape index (κ3) is 1.83. The van der Waals surface area contributed by atoms with Crippen LogP contribution >= 0.6 is 23.2 Å². The first-order chi connectivity index (χ1) is 8.43. The third-order valence-electron chi connectivity index (χ3n) is 2.24. The predicted molar refractivity (Wildman–Crippen MR) is 65.1 cm³/mol. The van der Waals surface area contributed by atoms with E-state index in [2.05, 4.69) is 4.98 Å². The van der Waals surface area contributed by atoms with E-state index in [0.717, 1.165) is 0 Å². The number of nitro groups is 2. The summed E-state index contributed by atoms with van der Waals surface area (Å²) < 4.78 is 0. The first-order valence-corrected chi connectivity index (χ1v) is 5.25. The lowest BCUT2D eigenvalue weighted by Crippen LogP contribution is -1.97. The van der Waals surface area contributed by atoms with Crippen molar-refractivity contribution in [3.8, 4) is 0 Å². The van der Waals surface area contributed by atoms with E-state index in [1.807, 2.05) is 0 Å². The molecule has 1 heterocycles. The van der Waals surface area contributed by atoms with Gasteiger partial charge in [-0.05, 0) is 0 Å². The first kappa shape index (κ1) is 12.5. The van der Waals surface area contributed by atoms with E-state index in [9.17, 15) is 20.2 Å². The molecule has 0 saturated heterocycles. The van der Waals surface area contributed by atoms with Gasteiger partial charge in [0.2, 0.25) is 5.15 Å². The van der Waals surface area contributed by atoms with Crippen LogP contribution in [0, 0.1) is 20.2 Å². The Morgan fingerprint density at radius 1 is 1.11 bits per heavy atom. The van der Waals surface area contributed by atoms with Gasteiger partial charge >= 0.3 is 5.69 Å². The van der Waals surface area contributed by atoms with Crippen LogP contribution in [0.3, 0.4) is 0 Å². The van der Waals surface area contributed by atoms with Crippen LogP contribution in [0.25, 0.3) is 10.9 Å². The number of pyridine rings is 1. The molecule has 2 rings (SSSR count). The molecule has 92 valence electrons. The molecule has 0 aliphatic heterocycles. The zero-order valence-corrected chi connectivity index (χ0v) is 9.97. The van der Waals surface area contributed by atoms with Gasteiger partial charge in [-0.2, -0.15) is 0 Å². The Morgan fingerprint density at radius 3 is 2.33 bits per heavy atom. The molecule has 0 N–H and O–H groups in total. The maximum Gasteiger partial charge on any atom is 0.325 e. The van der Waals surface area contributed by atoms with Gasteiger partial charge in [-0.3, -0.25) is 20.2 Å². The Kier molecular flexibility index (Phi) is 3.02. The fourth-order valence-corrected chi connectivity index (χ4v) is 2.11. The van der Waals surface area contributed by atoms with E-state index < -0.39 is 20.7 Å². The summed E-state index contributed by atoms with van der Waals surface area (Å²) in [6.07, 6.45) is 0. The summed E-state index contributed by atoms with van der Waals surface area (Å²) in [6, 6.07) is 3.99. The SMILES string of the molecule is O=[N+]([O-])c1c(Cl)nc2c([N+](=O)[O-])cccc2c1Cl. The van der Waals surface area contributed by atoms with Gasteiger partial charge in [-0.15, -0.1) is 0 Å². The van der Waals surface area contributed by atoms with Crippen molar-refractivity contribution in [1.82, 2.24) is 4.98 Å². The lowest BCUT2D eigenvalue weighted by atomic mass is 10.2. The lowest BCUT2D eigenvalue weighted by molar-refractivity contribution is -0.385. The van der Waals surface area contributed by atoms with Crippen LogP contribution in [0.2, 0.25) is 10.2 Å². The quantitative estimate of drug-likeness (QED) is 0.479.